The minimum Gasteiger partial charge on any atom is -0.353 e. The van der Waals surface area contributed by atoms with Gasteiger partial charge in [-0.1, -0.05) is 85.5 Å². The summed E-state index contributed by atoms with van der Waals surface area (Å²) in [6, 6.07) is 33.0. The molecular formula is C31H20N2. The van der Waals surface area contributed by atoms with E-state index in [0.717, 1.165) is 22.2 Å². The minimum atomic E-state index is -0.445. The molecule has 1 heterocycles. The van der Waals surface area contributed by atoms with E-state index in [-0.39, 0.29) is 0 Å². The number of benzene rings is 3. The van der Waals surface area contributed by atoms with Crippen molar-refractivity contribution in [2.45, 2.75) is 5.41 Å². The van der Waals surface area contributed by atoms with Crippen molar-refractivity contribution in [3.8, 4) is 22.3 Å². The van der Waals surface area contributed by atoms with E-state index in [9.17, 15) is 0 Å². The van der Waals surface area contributed by atoms with Gasteiger partial charge >= 0.3 is 0 Å². The Labute approximate surface area is 193 Å². The summed E-state index contributed by atoms with van der Waals surface area (Å²) in [5.74, 6) is 0. The molecule has 0 amide bonds. The number of hydrogen-bond donors (Lipinski definition) is 1. The number of aliphatic imine (C=N–C) groups is 1. The third kappa shape index (κ3) is 2.03. The Hall–Kier alpha value is -4.35. The molecule has 4 aromatic carbocycles. The van der Waals surface area contributed by atoms with Gasteiger partial charge in [0.05, 0.1) is 16.6 Å². The van der Waals surface area contributed by atoms with Crippen LogP contribution in [0.5, 0.6) is 0 Å². The molecule has 2 heteroatoms. The zero-order valence-corrected chi connectivity index (χ0v) is 18.2. The average molecular weight is 421 g/mol. The predicted octanol–water partition coefficient (Wildman–Crippen LogP) is 6.80. The highest BCUT2D eigenvalue weighted by molar-refractivity contribution is 6.07. The second-order valence-corrected chi connectivity index (χ2v) is 8.69. The average Bonchev–Trinajstić information content (AvgIpc) is 3.47. The van der Waals surface area contributed by atoms with E-state index in [1.54, 1.807) is 7.05 Å². The number of aromatic amines is 1. The molecule has 0 saturated carbocycles. The fraction of sp³-hybridized carbons (Fsp3) is 0.0645. The van der Waals surface area contributed by atoms with E-state index in [4.69, 9.17) is 0 Å². The Bertz CT molecular complexity index is 1580. The number of aromatic nitrogens is 1. The smallest absolute Gasteiger partial charge is 0.0825 e. The van der Waals surface area contributed by atoms with Crippen LogP contribution in [0.2, 0.25) is 0 Å². The maximum atomic E-state index is 4.29. The number of hydrogen-bond acceptors (Lipinski definition) is 1. The van der Waals surface area contributed by atoms with Crippen LogP contribution in [0, 0.1) is 12.1 Å². The fourth-order valence-corrected chi connectivity index (χ4v) is 6.18. The third-order valence-electron chi connectivity index (χ3n) is 7.30. The van der Waals surface area contributed by atoms with E-state index in [2.05, 4.69) is 95.4 Å². The van der Waals surface area contributed by atoms with Crippen LogP contribution in [0.1, 0.15) is 33.5 Å². The van der Waals surface area contributed by atoms with E-state index < -0.39 is 5.41 Å². The van der Waals surface area contributed by atoms with E-state index in [0.29, 0.717) is 0 Å². The van der Waals surface area contributed by atoms with Gasteiger partial charge < -0.3 is 4.98 Å². The number of H-pyrrole nitrogens is 1. The Balaban J connectivity index is 1.74. The van der Waals surface area contributed by atoms with Crippen LogP contribution in [0.15, 0.2) is 84.4 Å². The van der Waals surface area contributed by atoms with Gasteiger partial charge in [-0.2, -0.15) is 0 Å². The lowest BCUT2D eigenvalue weighted by Gasteiger charge is -2.29. The monoisotopic (exact) mass is 420 g/mol. The summed E-state index contributed by atoms with van der Waals surface area (Å²) in [5, 5.41) is 1.16. The SMILES string of the molecule is C=Cc1c(C=NC)[nH]c2c3c(ccc12)-c1ccccc1C31c2c#cccc2-c2ccccc21. The van der Waals surface area contributed by atoms with E-state index >= 15 is 0 Å². The van der Waals surface area contributed by atoms with Crippen LogP contribution >= 0.6 is 0 Å². The first kappa shape index (κ1) is 18.2. The first-order valence-electron chi connectivity index (χ1n) is 11.2. The highest BCUT2D eigenvalue weighted by atomic mass is 14.8. The molecule has 0 saturated heterocycles. The van der Waals surface area contributed by atoms with Crippen molar-refractivity contribution in [2.24, 2.45) is 4.99 Å². The van der Waals surface area contributed by atoms with Crippen molar-refractivity contribution in [2.75, 3.05) is 7.05 Å². The van der Waals surface area contributed by atoms with Crippen LogP contribution < -0.4 is 0 Å². The van der Waals surface area contributed by atoms with Gasteiger partial charge in [0.2, 0.25) is 0 Å². The van der Waals surface area contributed by atoms with Gasteiger partial charge in [0.15, 0.2) is 0 Å². The quantitative estimate of drug-likeness (QED) is 0.298. The van der Waals surface area contributed by atoms with Crippen molar-refractivity contribution in [1.82, 2.24) is 4.98 Å². The standard InChI is InChI=1S/C31H20N2/c1-3-19-24-17-16-23-22-12-6-9-15-27(22)31(29(23)30(24)33-28(19)18-32-2)25-13-7-4-10-20(25)21-11-5-8-14-26(21)31/h3-7,9-13,15-18,33H,1H2,2H3. The molecule has 2 aliphatic carbocycles. The van der Waals surface area contributed by atoms with E-state index in [1.165, 1.54) is 44.5 Å². The number of nitrogens with one attached hydrogen (secondary N) is 1. The Kier molecular flexibility index (Phi) is 3.51. The molecule has 1 N–H and O–H groups in total. The van der Waals surface area contributed by atoms with Gasteiger partial charge in [0.1, 0.15) is 0 Å². The topological polar surface area (TPSA) is 28.1 Å². The number of rotatable bonds is 2. The lowest BCUT2D eigenvalue weighted by Crippen LogP contribution is -2.26. The lowest BCUT2D eigenvalue weighted by atomic mass is 9.70. The maximum Gasteiger partial charge on any atom is 0.0825 e. The zero-order valence-electron chi connectivity index (χ0n) is 18.2. The molecule has 0 fully saturated rings. The summed E-state index contributed by atoms with van der Waals surface area (Å²) < 4.78 is 0. The number of nitrogens with zero attached hydrogens (tertiary/aromatic N) is 1. The van der Waals surface area contributed by atoms with Gasteiger partial charge in [0, 0.05) is 35.3 Å². The third-order valence-corrected chi connectivity index (χ3v) is 7.30. The van der Waals surface area contributed by atoms with Crippen LogP contribution in [0.3, 0.4) is 0 Å². The zero-order chi connectivity index (χ0) is 22.2. The predicted molar refractivity (Wildman–Crippen MR) is 136 cm³/mol. The minimum absolute atomic E-state index is 0.445. The van der Waals surface area contributed by atoms with Gasteiger partial charge in [-0.3, -0.25) is 4.99 Å². The molecule has 1 atom stereocenters. The summed E-state index contributed by atoms with van der Waals surface area (Å²) in [4.78, 5) is 8.01. The summed E-state index contributed by atoms with van der Waals surface area (Å²) in [5.41, 5.74) is 12.8. The summed E-state index contributed by atoms with van der Waals surface area (Å²) in [7, 11) is 1.80. The fourth-order valence-electron chi connectivity index (χ4n) is 6.18. The Morgan fingerprint density at radius 2 is 1.61 bits per heavy atom. The molecule has 0 aliphatic heterocycles. The van der Waals surface area contributed by atoms with Gasteiger partial charge in [-0.15, -0.1) is 0 Å². The first-order valence-corrected chi connectivity index (χ1v) is 11.2. The molecule has 0 radical (unpaired) electrons. The maximum absolute atomic E-state index is 4.29. The van der Waals surface area contributed by atoms with E-state index in [1.807, 2.05) is 18.4 Å². The van der Waals surface area contributed by atoms with Gasteiger partial charge in [-0.05, 0) is 45.5 Å². The number of fused-ring (bicyclic) bond motifs is 12. The molecule has 1 aromatic heterocycles. The van der Waals surface area contributed by atoms with Crippen LogP contribution in [-0.2, 0) is 5.41 Å². The molecular weight excluding hydrogens is 400 g/mol. The molecule has 2 nitrogen and oxygen atoms in total. The molecule has 1 spiro atoms. The van der Waals surface area contributed by atoms with Crippen molar-refractivity contribution >= 4 is 23.2 Å². The first-order chi connectivity index (χ1) is 16.3. The molecule has 0 bridgehead atoms. The molecule has 2 aliphatic rings. The van der Waals surface area contributed by atoms with Crippen LogP contribution in [-0.4, -0.2) is 18.2 Å². The highest BCUT2D eigenvalue weighted by Gasteiger charge is 2.53. The van der Waals surface area contributed by atoms with Gasteiger partial charge in [0.25, 0.3) is 0 Å². The van der Waals surface area contributed by atoms with Gasteiger partial charge in [-0.25, -0.2) is 0 Å². The Morgan fingerprint density at radius 1 is 0.879 bits per heavy atom. The molecule has 154 valence electrons. The Morgan fingerprint density at radius 3 is 2.33 bits per heavy atom. The van der Waals surface area contributed by atoms with Crippen molar-refractivity contribution in [1.29, 1.82) is 0 Å². The summed E-state index contributed by atoms with van der Waals surface area (Å²) >= 11 is 0. The molecule has 5 aromatic rings. The second-order valence-electron chi connectivity index (χ2n) is 8.69. The van der Waals surface area contributed by atoms with Crippen LogP contribution in [0.25, 0.3) is 39.2 Å². The molecule has 1 unspecified atom stereocenters. The van der Waals surface area contributed by atoms with Crippen molar-refractivity contribution < 1.29 is 0 Å². The van der Waals surface area contributed by atoms with Crippen LogP contribution in [0.4, 0.5) is 0 Å². The van der Waals surface area contributed by atoms with Crippen molar-refractivity contribution in [3.63, 3.8) is 0 Å². The normalized spacial score (nSPS) is 14.2. The summed E-state index contributed by atoms with van der Waals surface area (Å²) in [6.07, 6.45) is 3.81. The van der Waals surface area contributed by atoms with Crippen molar-refractivity contribution in [3.05, 3.63) is 125 Å². The second kappa shape index (κ2) is 6.34. The molecule has 7 rings (SSSR count). The lowest BCUT2D eigenvalue weighted by molar-refractivity contribution is 0.800. The highest BCUT2D eigenvalue weighted by Crippen LogP contribution is 2.63. The molecule has 33 heavy (non-hydrogen) atoms. The summed E-state index contributed by atoms with van der Waals surface area (Å²) in [6.45, 7) is 4.10. The largest absolute Gasteiger partial charge is 0.353 e.